The van der Waals surface area contributed by atoms with Gasteiger partial charge in [0, 0.05) is 50.5 Å². The highest BCUT2D eigenvalue weighted by Gasteiger charge is 2.29. The monoisotopic (exact) mass is 302 g/mol. The number of aromatic nitrogens is 1. The van der Waals surface area contributed by atoms with E-state index in [-0.39, 0.29) is 5.92 Å². The van der Waals surface area contributed by atoms with Crippen molar-refractivity contribution in [2.75, 3.05) is 39.3 Å². The molecule has 5 heteroatoms. The van der Waals surface area contributed by atoms with E-state index in [1.807, 2.05) is 18.5 Å². The summed E-state index contributed by atoms with van der Waals surface area (Å²) in [7, 11) is 0. The molecule has 1 aromatic heterocycles. The lowest BCUT2D eigenvalue weighted by Gasteiger charge is -2.39. The molecule has 1 unspecified atom stereocenters. The van der Waals surface area contributed by atoms with E-state index in [4.69, 9.17) is 0 Å². The average molecular weight is 302 g/mol. The lowest BCUT2D eigenvalue weighted by Crippen LogP contribution is -2.51. The van der Waals surface area contributed by atoms with Crippen LogP contribution in [0, 0.1) is 5.92 Å². The Hall–Kier alpha value is -1.46. The van der Waals surface area contributed by atoms with Crippen molar-refractivity contribution in [1.29, 1.82) is 0 Å². The Balaban J connectivity index is 1.52. The van der Waals surface area contributed by atoms with Gasteiger partial charge in [0.15, 0.2) is 0 Å². The summed E-state index contributed by atoms with van der Waals surface area (Å²) in [6.45, 7) is 7.80. The number of piperazine rings is 1. The number of amides is 1. The minimum absolute atomic E-state index is 0.239. The SMILES string of the molecule is CC(c1cccnc1)N1CCN(C(=O)C2CCNCC2)CC1. The maximum Gasteiger partial charge on any atom is 0.225 e. The third-order valence-electron chi connectivity index (χ3n) is 5.03. The van der Waals surface area contributed by atoms with Crippen molar-refractivity contribution in [1.82, 2.24) is 20.1 Å². The van der Waals surface area contributed by atoms with Gasteiger partial charge in [-0.1, -0.05) is 6.07 Å². The van der Waals surface area contributed by atoms with Gasteiger partial charge in [0.2, 0.25) is 5.91 Å². The van der Waals surface area contributed by atoms with Crippen LogP contribution in [0.4, 0.5) is 0 Å². The van der Waals surface area contributed by atoms with Crippen molar-refractivity contribution >= 4 is 5.91 Å². The second-order valence-corrected chi connectivity index (χ2v) is 6.35. The van der Waals surface area contributed by atoms with Crippen molar-refractivity contribution < 1.29 is 4.79 Å². The smallest absolute Gasteiger partial charge is 0.225 e. The van der Waals surface area contributed by atoms with Gasteiger partial charge in [-0.15, -0.1) is 0 Å². The van der Waals surface area contributed by atoms with Crippen LogP contribution in [-0.2, 0) is 4.79 Å². The Labute approximate surface area is 132 Å². The van der Waals surface area contributed by atoms with Gasteiger partial charge in [-0.2, -0.15) is 0 Å². The van der Waals surface area contributed by atoms with E-state index in [2.05, 4.69) is 33.1 Å². The number of hydrogen-bond donors (Lipinski definition) is 1. The maximum atomic E-state index is 12.6. The van der Waals surface area contributed by atoms with Gasteiger partial charge in [-0.05, 0) is 44.5 Å². The summed E-state index contributed by atoms with van der Waals surface area (Å²) in [5.41, 5.74) is 1.25. The zero-order chi connectivity index (χ0) is 15.4. The minimum Gasteiger partial charge on any atom is -0.340 e. The first-order valence-corrected chi connectivity index (χ1v) is 8.39. The summed E-state index contributed by atoms with van der Waals surface area (Å²) < 4.78 is 0. The van der Waals surface area contributed by atoms with Crippen molar-refractivity contribution in [3.8, 4) is 0 Å². The molecule has 2 aliphatic heterocycles. The summed E-state index contributed by atoms with van der Waals surface area (Å²) >= 11 is 0. The number of piperidine rings is 1. The third-order valence-corrected chi connectivity index (χ3v) is 5.03. The minimum atomic E-state index is 0.239. The molecule has 1 atom stereocenters. The molecule has 3 rings (SSSR count). The third kappa shape index (κ3) is 3.47. The van der Waals surface area contributed by atoms with Crippen LogP contribution in [0.3, 0.4) is 0 Å². The van der Waals surface area contributed by atoms with Crippen LogP contribution in [0.2, 0.25) is 0 Å². The molecule has 120 valence electrons. The van der Waals surface area contributed by atoms with Gasteiger partial charge in [-0.3, -0.25) is 14.7 Å². The van der Waals surface area contributed by atoms with E-state index in [0.29, 0.717) is 11.9 Å². The van der Waals surface area contributed by atoms with E-state index < -0.39 is 0 Å². The van der Waals surface area contributed by atoms with Crippen molar-refractivity contribution in [3.05, 3.63) is 30.1 Å². The second-order valence-electron chi connectivity index (χ2n) is 6.35. The van der Waals surface area contributed by atoms with Crippen molar-refractivity contribution in [2.24, 2.45) is 5.92 Å². The Morgan fingerprint density at radius 1 is 1.27 bits per heavy atom. The predicted octanol–water partition coefficient (Wildman–Crippen LogP) is 1.29. The van der Waals surface area contributed by atoms with Crippen LogP contribution in [0.1, 0.15) is 31.4 Å². The molecule has 1 amide bonds. The molecule has 1 aromatic rings. The summed E-state index contributed by atoms with van der Waals surface area (Å²) in [6.07, 6.45) is 5.74. The molecule has 2 fully saturated rings. The molecule has 2 saturated heterocycles. The molecule has 0 spiro atoms. The molecular weight excluding hydrogens is 276 g/mol. The van der Waals surface area contributed by atoms with Gasteiger partial charge in [0.05, 0.1) is 0 Å². The van der Waals surface area contributed by atoms with Gasteiger partial charge in [0.1, 0.15) is 0 Å². The number of pyridine rings is 1. The lowest BCUT2D eigenvalue weighted by atomic mass is 9.96. The Kier molecular flexibility index (Phi) is 5.05. The fourth-order valence-electron chi connectivity index (χ4n) is 3.49. The normalized spacial score (nSPS) is 22.5. The molecule has 2 aliphatic rings. The first-order valence-electron chi connectivity index (χ1n) is 8.39. The molecule has 1 N–H and O–H groups in total. The fraction of sp³-hybridized carbons (Fsp3) is 0.647. The molecule has 22 heavy (non-hydrogen) atoms. The number of nitrogens with one attached hydrogen (secondary N) is 1. The molecule has 0 aliphatic carbocycles. The van der Waals surface area contributed by atoms with Crippen LogP contribution in [0.15, 0.2) is 24.5 Å². The first-order chi connectivity index (χ1) is 10.8. The maximum absolute atomic E-state index is 12.6. The van der Waals surface area contributed by atoms with Crippen LogP contribution >= 0.6 is 0 Å². The van der Waals surface area contributed by atoms with Gasteiger partial charge in [-0.25, -0.2) is 0 Å². The number of nitrogens with zero attached hydrogens (tertiary/aromatic N) is 3. The summed E-state index contributed by atoms with van der Waals surface area (Å²) in [5, 5.41) is 3.33. The summed E-state index contributed by atoms with van der Waals surface area (Å²) in [6, 6.07) is 4.48. The molecule has 5 nitrogen and oxygen atoms in total. The zero-order valence-electron chi connectivity index (χ0n) is 13.4. The van der Waals surface area contributed by atoms with E-state index in [1.165, 1.54) is 5.56 Å². The van der Waals surface area contributed by atoms with Gasteiger partial charge < -0.3 is 10.2 Å². The van der Waals surface area contributed by atoms with E-state index in [1.54, 1.807) is 0 Å². The fourth-order valence-corrected chi connectivity index (χ4v) is 3.49. The second kappa shape index (κ2) is 7.20. The molecule has 0 saturated carbocycles. The quantitative estimate of drug-likeness (QED) is 0.914. The predicted molar refractivity (Wildman–Crippen MR) is 86.4 cm³/mol. The number of hydrogen-bond acceptors (Lipinski definition) is 4. The number of carbonyl (C=O) groups excluding carboxylic acids is 1. The zero-order valence-corrected chi connectivity index (χ0v) is 13.4. The molecule has 0 radical (unpaired) electrons. The molecule has 3 heterocycles. The average Bonchev–Trinajstić information content (AvgIpc) is 2.62. The molecular formula is C17H26N4O. The highest BCUT2D eigenvalue weighted by molar-refractivity contribution is 5.79. The molecule has 0 bridgehead atoms. The highest BCUT2D eigenvalue weighted by atomic mass is 16.2. The van der Waals surface area contributed by atoms with E-state index in [0.717, 1.165) is 52.1 Å². The summed E-state index contributed by atoms with van der Waals surface area (Å²) in [5.74, 6) is 0.610. The van der Waals surface area contributed by atoms with Crippen molar-refractivity contribution in [3.63, 3.8) is 0 Å². The highest BCUT2D eigenvalue weighted by Crippen LogP contribution is 2.22. The van der Waals surface area contributed by atoms with Gasteiger partial charge in [0.25, 0.3) is 0 Å². The first kappa shape index (κ1) is 15.4. The van der Waals surface area contributed by atoms with Crippen LogP contribution < -0.4 is 5.32 Å². The standard InChI is InChI=1S/C17H26N4O/c1-14(16-3-2-6-19-13-16)20-9-11-21(12-10-20)17(22)15-4-7-18-8-5-15/h2-3,6,13-15,18H,4-5,7-12H2,1H3. The van der Waals surface area contributed by atoms with Crippen LogP contribution in [-0.4, -0.2) is 60.0 Å². The Bertz CT molecular complexity index is 479. The Morgan fingerprint density at radius 3 is 2.64 bits per heavy atom. The van der Waals surface area contributed by atoms with Crippen LogP contribution in [0.5, 0.6) is 0 Å². The van der Waals surface area contributed by atoms with Gasteiger partial charge >= 0.3 is 0 Å². The summed E-state index contributed by atoms with van der Waals surface area (Å²) in [4.78, 5) is 21.3. The Morgan fingerprint density at radius 2 is 2.00 bits per heavy atom. The molecule has 0 aromatic carbocycles. The lowest BCUT2D eigenvalue weighted by molar-refractivity contribution is -0.138. The van der Waals surface area contributed by atoms with Crippen molar-refractivity contribution in [2.45, 2.75) is 25.8 Å². The van der Waals surface area contributed by atoms with E-state index in [9.17, 15) is 4.79 Å². The number of carbonyl (C=O) groups is 1. The number of rotatable bonds is 3. The van der Waals surface area contributed by atoms with E-state index >= 15 is 0 Å². The largest absolute Gasteiger partial charge is 0.340 e. The van der Waals surface area contributed by atoms with Crippen LogP contribution in [0.25, 0.3) is 0 Å². The topological polar surface area (TPSA) is 48.5 Å².